The predicted molar refractivity (Wildman–Crippen MR) is 114 cm³/mol. The first kappa shape index (κ1) is 17.8. The Morgan fingerprint density at radius 3 is 2.75 bits per heavy atom. The number of aromatic amines is 1. The minimum absolute atomic E-state index is 0.0773. The van der Waals surface area contributed by atoms with Crippen LogP contribution >= 0.6 is 0 Å². The maximum Gasteiger partial charge on any atom is 0.124 e. The van der Waals surface area contributed by atoms with E-state index in [1.54, 1.807) is 0 Å². The molecule has 0 amide bonds. The summed E-state index contributed by atoms with van der Waals surface area (Å²) >= 11 is 0. The smallest absolute Gasteiger partial charge is 0.124 e. The molecule has 5 rings (SSSR count). The summed E-state index contributed by atoms with van der Waals surface area (Å²) in [6, 6.07) is 17.8. The van der Waals surface area contributed by atoms with Crippen LogP contribution in [0.4, 0.5) is 0 Å². The van der Waals surface area contributed by atoms with E-state index in [1.165, 1.54) is 34.9 Å². The van der Waals surface area contributed by atoms with Gasteiger partial charge in [0.15, 0.2) is 0 Å². The molecule has 2 aromatic carbocycles. The highest BCUT2D eigenvalue weighted by Gasteiger charge is 2.40. The summed E-state index contributed by atoms with van der Waals surface area (Å²) < 4.78 is 6.74. The molecule has 1 aliphatic heterocycles. The van der Waals surface area contributed by atoms with Crippen LogP contribution in [0.15, 0.2) is 54.7 Å². The number of benzene rings is 2. The second-order valence-corrected chi connectivity index (χ2v) is 8.46. The topological polar surface area (TPSA) is 40.3 Å². The number of fused-ring (bicyclic) bond motifs is 2. The van der Waals surface area contributed by atoms with Crippen molar-refractivity contribution >= 4 is 10.9 Å². The molecule has 4 nitrogen and oxygen atoms in total. The first-order valence-corrected chi connectivity index (χ1v) is 10.5. The predicted octanol–water partition coefficient (Wildman–Crippen LogP) is 4.46. The minimum atomic E-state index is -0.0773. The molecule has 28 heavy (non-hydrogen) atoms. The molecule has 1 aliphatic carbocycles. The van der Waals surface area contributed by atoms with E-state index >= 15 is 0 Å². The van der Waals surface area contributed by atoms with Crippen molar-refractivity contribution in [1.82, 2.24) is 15.2 Å². The van der Waals surface area contributed by atoms with Crippen molar-refractivity contribution < 1.29 is 4.74 Å². The fourth-order valence-corrected chi connectivity index (χ4v) is 5.01. The van der Waals surface area contributed by atoms with Gasteiger partial charge in [-0.15, -0.1) is 0 Å². The Balaban J connectivity index is 1.45. The van der Waals surface area contributed by atoms with E-state index in [0.717, 1.165) is 38.2 Å². The molecule has 3 aromatic rings. The molecule has 0 unspecified atom stereocenters. The van der Waals surface area contributed by atoms with Crippen molar-refractivity contribution in [2.24, 2.45) is 0 Å². The lowest BCUT2D eigenvalue weighted by atomic mass is 9.81. The molecule has 4 heteroatoms. The second-order valence-electron chi connectivity index (χ2n) is 8.46. The number of hydrogen-bond acceptors (Lipinski definition) is 3. The van der Waals surface area contributed by atoms with Gasteiger partial charge in [-0.05, 0) is 50.4 Å². The van der Waals surface area contributed by atoms with Gasteiger partial charge < -0.3 is 15.0 Å². The van der Waals surface area contributed by atoms with Gasteiger partial charge in [0.05, 0.1) is 0 Å². The summed E-state index contributed by atoms with van der Waals surface area (Å²) in [6.07, 6.45) is 6.75. The Hall–Kier alpha value is -2.30. The quantitative estimate of drug-likeness (QED) is 0.710. The normalized spacial score (nSPS) is 25.4. The van der Waals surface area contributed by atoms with Crippen LogP contribution in [0.25, 0.3) is 10.9 Å². The lowest BCUT2D eigenvalue weighted by Gasteiger charge is -2.41. The van der Waals surface area contributed by atoms with Crippen LogP contribution in [0.1, 0.15) is 36.8 Å². The summed E-state index contributed by atoms with van der Waals surface area (Å²) in [6.45, 7) is 2.86. The van der Waals surface area contributed by atoms with E-state index in [2.05, 4.69) is 77.0 Å². The van der Waals surface area contributed by atoms with Crippen molar-refractivity contribution in [3.05, 3.63) is 65.9 Å². The van der Waals surface area contributed by atoms with Gasteiger partial charge in [-0.25, -0.2) is 0 Å². The summed E-state index contributed by atoms with van der Waals surface area (Å²) in [5.74, 6) is 1.08. The molecule has 1 fully saturated rings. The summed E-state index contributed by atoms with van der Waals surface area (Å²) in [7, 11) is 2.08. The zero-order valence-corrected chi connectivity index (χ0v) is 16.6. The second kappa shape index (κ2) is 7.26. The van der Waals surface area contributed by atoms with Crippen LogP contribution in [0, 0.1) is 0 Å². The molecular weight excluding hydrogens is 346 g/mol. The fraction of sp³-hybridized carbons (Fsp3) is 0.417. The van der Waals surface area contributed by atoms with Crippen LogP contribution in [0.2, 0.25) is 0 Å². The lowest BCUT2D eigenvalue weighted by Crippen LogP contribution is -2.50. The summed E-state index contributed by atoms with van der Waals surface area (Å²) in [4.78, 5) is 6.02. The average molecular weight is 376 g/mol. The van der Waals surface area contributed by atoms with Crippen molar-refractivity contribution in [2.45, 2.75) is 50.4 Å². The minimum Gasteiger partial charge on any atom is -0.486 e. The van der Waals surface area contributed by atoms with Crippen molar-refractivity contribution in [3.63, 3.8) is 0 Å². The van der Waals surface area contributed by atoms with Gasteiger partial charge in [-0.2, -0.15) is 0 Å². The van der Waals surface area contributed by atoms with Crippen molar-refractivity contribution in [1.29, 1.82) is 0 Å². The largest absolute Gasteiger partial charge is 0.486 e. The highest BCUT2D eigenvalue weighted by atomic mass is 16.5. The van der Waals surface area contributed by atoms with E-state index in [-0.39, 0.29) is 5.60 Å². The first-order valence-electron chi connectivity index (χ1n) is 10.5. The lowest BCUT2D eigenvalue weighted by molar-refractivity contribution is -0.00313. The Morgan fingerprint density at radius 1 is 1.11 bits per heavy atom. The molecule has 1 saturated carbocycles. The Morgan fingerprint density at radius 2 is 1.89 bits per heavy atom. The number of ether oxygens (including phenoxy) is 1. The maximum atomic E-state index is 6.74. The van der Waals surface area contributed by atoms with Gasteiger partial charge in [-0.3, -0.25) is 4.90 Å². The number of hydrogen-bond donors (Lipinski definition) is 2. The highest BCUT2D eigenvalue weighted by Crippen LogP contribution is 2.39. The molecule has 1 spiro atoms. The molecule has 0 atom stereocenters. The highest BCUT2D eigenvalue weighted by molar-refractivity contribution is 5.82. The number of nitrogens with zero attached hydrogens (tertiary/aromatic N) is 1. The fourth-order valence-electron chi connectivity index (χ4n) is 5.01. The average Bonchev–Trinajstić information content (AvgIpc) is 3.05. The van der Waals surface area contributed by atoms with E-state index in [9.17, 15) is 0 Å². The van der Waals surface area contributed by atoms with Gasteiger partial charge in [0, 0.05) is 48.3 Å². The van der Waals surface area contributed by atoms with E-state index in [0.29, 0.717) is 6.04 Å². The number of aromatic nitrogens is 1. The number of rotatable bonds is 3. The molecular formula is C24H29N3O. The van der Waals surface area contributed by atoms with Gasteiger partial charge in [0.2, 0.25) is 0 Å². The Kier molecular flexibility index (Phi) is 4.61. The van der Waals surface area contributed by atoms with Gasteiger partial charge in [0.1, 0.15) is 11.4 Å². The van der Waals surface area contributed by atoms with Gasteiger partial charge in [0.25, 0.3) is 0 Å². The zero-order valence-electron chi connectivity index (χ0n) is 16.6. The summed E-state index contributed by atoms with van der Waals surface area (Å²) in [5, 5.41) is 4.78. The van der Waals surface area contributed by atoms with Crippen LogP contribution in [0.3, 0.4) is 0 Å². The zero-order chi connectivity index (χ0) is 19.0. The third-order valence-electron chi connectivity index (χ3n) is 6.58. The first-order chi connectivity index (χ1) is 13.7. The van der Waals surface area contributed by atoms with E-state index in [1.807, 2.05) is 0 Å². The van der Waals surface area contributed by atoms with Crippen molar-refractivity contribution in [2.75, 3.05) is 13.6 Å². The molecule has 0 bridgehead atoms. The van der Waals surface area contributed by atoms with Crippen LogP contribution in [-0.4, -0.2) is 35.1 Å². The molecule has 0 radical (unpaired) electrons. The molecule has 0 saturated heterocycles. The third-order valence-corrected chi connectivity index (χ3v) is 6.58. The van der Waals surface area contributed by atoms with E-state index < -0.39 is 0 Å². The molecule has 1 aromatic heterocycles. The van der Waals surface area contributed by atoms with Gasteiger partial charge >= 0.3 is 0 Å². The van der Waals surface area contributed by atoms with Gasteiger partial charge in [-0.1, -0.05) is 36.4 Å². The monoisotopic (exact) mass is 375 g/mol. The van der Waals surface area contributed by atoms with Crippen LogP contribution in [0.5, 0.6) is 5.75 Å². The maximum absolute atomic E-state index is 6.74. The number of H-pyrrole nitrogens is 1. The number of para-hydroxylation sites is 2. The molecule has 146 valence electrons. The standard InChI is InChI=1S/C24H29N3O/c1-25-20-10-12-24(13-11-20)17-27(15-18-6-2-5-9-23(18)28-24)16-19-14-26-22-8-4-3-7-21(19)22/h2-9,14,20,25-26H,10-13,15-17H2,1H3. The number of nitrogens with one attached hydrogen (secondary N) is 2. The molecule has 2 heterocycles. The third kappa shape index (κ3) is 3.31. The van der Waals surface area contributed by atoms with Crippen molar-refractivity contribution in [3.8, 4) is 5.75 Å². The SMILES string of the molecule is CNC1CCC2(CC1)CN(Cc1c[nH]c3ccccc13)Cc1ccccc1O2. The molecule has 2 aliphatic rings. The Labute approximate surface area is 166 Å². The van der Waals surface area contributed by atoms with Crippen LogP contribution < -0.4 is 10.1 Å². The van der Waals surface area contributed by atoms with E-state index in [4.69, 9.17) is 4.74 Å². The Bertz CT molecular complexity index is 955. The summed E-state index contributed by atoms with van der Waals surface area (Å²) in [5.41, 5.74) is 3.81. The molecule has 2 N–H and O–H groups in total. The van der Waals surface area contributed by atoms with Crippen LogP contribution in [-0.2, 0) is 13.1 Å².